The van der Waals surface area contributed by atoms with Crippen LogP contribution in [0.4, 0.5) is 13.2 Å². The average molecular weight is 424 g/mol. The summed E-state index contributed by atoms with van der Waals surface area (Å²) in [6, 6.07) is 2.77. The number of hydrogen-bond donors (Lipinski definition) is 0. The van der Waals surface area contributed by atoms with Crippen LogP contribution in [-0.4, -0.2) is 33.7 Å². The lowest BCUT2D eigenvalue weighted by Gasteiger charge is -2.12. The first kappa shape index (κ1) is 19.8. The molecule has 1 fully saturated rings. The Labute approximate surface area is 165 Å². The third-order valence-electron chi connectivity index (χ3n) is 5.10. The van der Waals surface area contributed by atoms with Crippen molar-refractivity contribution in [3.63, 3.8) is 0 Å². The number of imidazole rings is 1. The molecule has 6 nitrogen and oxygen atoms in total. The number of halogens is 3. The maximum atomic E-state index is 13.2. The lowest BCUT2D eigenvalue weighted by Crippen LogP contribution is -2.13. The number of alkyl halides is 3. The molecule has 4 rings (SSSR count). The lowest BCUT2D eigenvalue weighted by atomic mass is 10.1. The van der Waals surface area contributed by atoms with Crippen molar-refractivity contribution >= 4 is 21.0 Å². The van der Waals surface area contributed by atoms with E-state index in [1.54, 1.807) is 17.8 Å². The number of nitrogens with zero attached hydrogens (tertiary/aromatic N) is 4. The van der Waals surface area contributed by atoms with Crippen LogP contribution in [0, 0.1) is 0 Å². The molecule has 3 aromatic rings. The summed E-state index contributed by atoms with van der Waals surface area (Å²) < 4.78 is 65.4. The number of pyridine rings is 2. The second-order valence-corrected chi connectivity index (χ2v) is 9.64. The first-order valence-corrected chi connectivity index (χ1v) is 11.0. The molecule has 1 saturated carbocycles. The van der Waals surface area contributed by atoms with Gasteiger partial charge in [0.2, 0.25) is 0 Å². The maximum absolute atomic E-state index is 13.2. The normalized spacial score (nSPS) is 15.2. The predicted octanol–water partition coefficient (Wildman–Crippen LogP) is 3.86. The highest BCUT2D eigenvalue weighted by Gasteiger charge is 2.33. The zero-order valence-corrected chi connectivity index (χ0v) is 16.7. The second-order valence-electron chi connectivity index (χ2n) is 7.29. The van der Waals surface area contributed by atoms with Gasteiger partial charge in [-0.15, -0.1) is 0 Å². The van der Waals surface area contributed by atoms with E-state index in [0.29, 0.717) is 23.3 Å². The first-order chi connectivity index (χ1) is 13.6. The van der Waals surface area contributed by atoms with Crippen molar-refractivity contribution in [3.8, 4) is 11.5 Å². The van der Waals surface area contributed by atoms with Gasteiger partial charge in [0.1, 0.15) is 11.2 Å². The van der Waals surface area contributed by atoms with Crippen LogP contribution in [0.15, 0.2) is 24.5 Å². The van der Waals surface area contributed by atoms with Crippen molar-refractivity contribution in [2.24, 2.45) is 7.05 Å². The highest BCUT2D eigenvalue weighted by molar-refractivity contribution is 7.90. The van der Waals surface area contributed by atoms with E-state index in [1.807, 2.05) is 6.07 Å². The first-order valence-electron chi connectivity index (χ1n) is 9.18. The minimum absolute atomic E-state index is 0.0255. The molecule has 0 bridgehead atoms. The van der Waals surface area contributed by atoms with Gasteiger partial charge in [0, 0.05) is 25.2 Å². The Kier molecular flexibility index (Phi) is 4.64. The quantitative estimate of drug-likeness (QED) is 0.622. The van der Waals surface area contributed by atoms with Gasteiger partial charge in [-0.1, -0.05) is 6.92 Å². The lowest BCUT2D eigenvalue weighted by molar-refractivity contribution is -0.137. The Bertz CT molecular complexity index is 1200. The molecular formula is C19H19F3N4O2S. The highest BCUT2D eigenvalue weighted by Crippen LogP contribution is 2.40. The fraction of sp³-hybridized carbons (Fsp3) is 0.421. The van der Waals surface area contributed by atoms with Crippen LogP contribution >= 0.6 is 0 Å². The van der Waals surface area contributed by atoms with Gasteiger partial charge in [0.05, 0.1) is 11.3 Å². The van der Waals surface area contributed by atoms with Gasteiger partial charge in [-0.25, -0.2) is 18.4 Å². The molecule has 10 heteroatoms. The van der Waals surface area contributed by atoms with Gasteiger partial charge in [-0.2, -0.15) is 13.2 Å². The SMILES string of the molecule is CCS(=O)(=O)Cc1cc(C(F)(F)F)cnc1-c1nc2cc(C3CC3)cnc2n1C. The van der Waals surface area contributed by atoms with Crippen LogP contribution in [0.5, 0.6) is 0 Å². The molecule has 0 spiro atoms. The number of rotatable bonds is 5. The van der Waals surface area contributed by atoms with Crippen LogP contribution in [0.3, 0.4) is 0 Å². The van der Waals surface area contributed by atoms with Crippen molar-refractivity contribution in [1.82, 2.24) is 19.5 Å². The Morgan fingerprint density at radius 2 is 1.90 bits per heavy atom. The Balaban J connectivity index is 1.88. The molecule has 3 heterocycles. The highest BCUT2D eigenvalue weighted by atomic mass is 32.2. The van der Waals surface area contributed by atoms with Gasteiger partial charge < -0.3 is 4.57 Å². The van der Waals surface area contributed by atoms with Crippen LogP contribution in [-0.2, 0) is 28.8 Å². The summed E-state index contributed by atoms with van der Waals surface area (Å²) in [5.74, 6) is 0.0410. The molecule has 0 atom stereocenters. The third kappa shape index (κ3) is 3.85. The molecule has 1 aliphatic carbocycles. The van der Waals surface area contributed by atoms with E-state index >= 15 is 0 Å². The van der Waals surface area contributed by atoms with E-state index in [2.05, 4.69) is 15.0 Å². The predicted molar refractivity (Wildman–Crippen MR) is 102 cm³/mol. The summed E-state index contributed by atoms with van der Waals surface area (Å²) in [6.45, 7) is 1.45. The number of hydrogen-bond acceptors (Lipinski definition) is 5. The molecule has 0 unspecified atom stereocenters. The summed E-state index contributed by atoms with van der Waals surface area (Å²) in [6.07, 6.45) is 0.0793. The van der Waals surface area contributed by atoms with Crippen molar-refractivity contribution < 1.29 is 21.6 Å². The molecule has 0 radical (unpaired) electrons. The summed E-state index contributed by atoms with van der Waals surface area (Å²) in [5, 5.41) is 0. The van der Waals surface area contributed by atoms with Crippen molar-refractivity contribution in [1.29, 1.82) is 0 Å². The van der Waals surface area contributed by atoms with E-state index in [9.17, 15) is 21.6 Å². The molecular weight excluding hydrogens is 405 g/mol. The monoisotopic (exact) mass is 424 g/mol. The van der Waals surface area contributed by atoms with Gasteiger partial charge in [-0.05, 0) is 42.0 Å². The number of fused-ring (bicyclic) bond motifs is 1. The third-order valence-corrected chi connectivity index (χ3v) is 6.73. The van der Waals surface area contributed by atoms with Crippen LogP contribution in [0.1, 0.15) is 42.4 Å². The standard InChI is InChI=1S/C19H19F3N4O2S/c1-3-29(27,28)10-13-6-14(19(20,21)22)9-23-16(13)18-25-15-7-12(11-4-5-11)8-24-17(15)26(18)2/h6-9,11H,3-5,10H2,1-2H3. The molecule has 0 saturated heterocycles. The number of sulfone groups is 1. The Morgan fingerprint density at radius 3 is 2.52 bits per heavy atom. The zero-order chi connectivity index (χ0) is 21.0. The van der Waals surface area contributed by atoms with Gasteiger partial charge in [0.25, 0.3) is 0 Å². The minimum Gasteiger partial charge on any atom is -0.311 e. The molecule has 3 aromatic heterocycles. The molecule has 0 aromatic carbocycles. The van der Waals surface area contributed by atoms with Crippen LogP contribution < -0.4 is 0 Å². The molecule has 29 heavy (non-hydrogen) atoms. The van der Waals surface area contributed by atoms with E-state index in [4.69, 9.17) is 0 Å². The summed E-state index contributed by atoms with van der Waals surface area (Å²) in [7, 11) is -1.89. The van der Waals surface area contributed by atoms with Crippen molar-refractivity contribution in [2.45, 2.75) is 37.6 Å². The molecule has 0 aliphatic heterocycles. The largest absolute Gasteiger partial charge is 0.417 e. The molecule has 0 N–H and O–H groups in total. The van der Waals surface area contributed by atoms with E-state index in [1.165, 1.54) is 6.92 Å². The van der Waals surface area contributed by atoms with Crippen molar-refractivity contribution in [2.75, 3.05) is 5.75 Å². The van der Waals surface area contributed by atoms with E-state index in [-0.39, 0.29) is 22.8 Å². The smallest absolute Gasteiger partial charge is 0.311 e. The zero-order valence-electron chi connectivity index (χ0n) is 15.9. The van der Waals surface area contributed by atoms with Gasteiger partial charge >= 0.3 is 6.18 Å². The van der Waals surface area contributed by atoms with E-state index in [0.717, 1.165) is 24.5 Å². The van der Waals surface area contributed by atoms with Crippen molar-refractivity contribution in [3.05, 3.63) is 41.2 Å². The molecule has 1 aliphatic rings. The Hall–Kier alpha value is -2.49. The summed E-state index contributed by atoms with van der Waals surface area (Å²) in [5.41, 5.74) is 1.35. The molecule has 0 amide bonds. The van der Waals surface area contributed by atoms with Gasteiger partial charge in [-0.3, -0.25) is 4.98 Å². The second kappa shape index (κ2) is 6.79. The van der Waals surface area contributed by atoms with Crippen LogP contribution in [0.25, 0.3) is 22.7 Å². The fourth-order valence-electron chi connectivity index (χ4n) is 3.26. The van der Waals surface area contributed by atoms with Crippen LogP contribution in [0.2, 0.25) is 0 Å². The topological polar surface area (TPSA) is 77.7 Å². The molecule has 154 valence electrons. The number of aromatic nitrogens is 4. The average Bonchev–Trinajstić information content (AvgIpc) is 3.45. The van der Waals surface area contributed by atoms with Gasteiger partial charge in [0.15, 0.2) is 21.3 Å². The summed E-state index contributed by atoms with van der Waals surface area (Å²) in [4.78, 5) is 12.9. The maximum Gasteiger partial charge on any atom is 0.417 e. The number of aryl methyl sites for hydroxylation is 1. The van der Waals surface area contributed by atoms with E-state index < -0.39 is 27.3 Å². The minimum atomic E-state index is -4.62. The summed E-state index contributed by atoms with van der Waals surface area (Å²) >= 11 is 0. The fourth-order valence-corrected chi connectivity index (χ4v) is 4.16. The Morgan fingerprint density at radius 1 is 1.17 bits per heavy atom.